The number of alkyl halides is 3. The molecule has 0 aliphatic rings. The SMILES string of the molecule is CN(Cc1ccccc1-c1ccccc1C(=O)O)C(=O)OCc1ccc(C(F)(F)F)cc1. The second-order valence-electron chi connectivity index (χ2n) is 7.11. The number of carboxylic acid groups (broad SMARTS) is 1. The van der Waals surface area contributed by atoms with Crippen LogP contribution in [0.25, 0.3) is 11.1 Å². The van der Waals surface area contributed by atoms with Gasteiger partial charge in [-0.1, -0.05) is 54.6 Å². The number of benzene rings is 3. The Hall–Kier alpha value is -3.81. The number of hydrogen-bond donors (Lipinski definition) is 1. The molecule has 5 nitrogen and oxygen atoms in total. The maximum atomic E-state index is 12.6. The number of aromatic carboxylic acids is 1. The van der Waals surface area contributed by atoms with Crippen LogP contribution in [0.1, 0.15) is 27.0 Å². The average Bonchev–Trinajstić information content (AvgIpc) is 2.77. The molecule has 0 saturated carbocycles. The maximum Gasteiger partial charge on any atom is 0.416 e. The highest BCUT2D eigenvalue weighted by atomic mass is 19.4. The Balaban J connectivity index is 1.70. The van der Waals surface area contributed by atoms with Crippen LogP contribution in [0.3, 0.4) is 0 Å². The molecule has 0 aliphatic carbocycles. The Morgan fingerprint density at radius 2 is 1.50 bits per heavy atom. The van der Waals surface area contributed by atoms with E-state index in [-0.39, 0.29) is 18.7 Å². The Bertz CT molecular complexity index is 1110. The predicted octanol–water partition coefficient (Wildman–Crippen LogP) is 5.84. The molecule has 0 aromatic heterocycles. The molecular weight excluding hydrogens is 423 g/mol. The lowest BCUT2D eigenvalue weighted by Crippen LogP contribution is -2.27. The highest BCUT2D eigenvalue weighted by Gasteiger charge is 2.30. The minimum atomic E-state index is -4.43. The number of nitrogens with zero attached hydrogens (tertiary/aromatic N) is 1. The molecule has 3 rings (SSSR count). The summed E-state index contributed by atoms with van der Waals surface area (Å²) >= 11 is 0. The molecule has 3 aromatic rings. The van der Waals surface area contributed by atoms with Gasteiger partial charge in [-0.3, -0.25) is 0 Å². The highest BCUT2D eigenvalue weighted by Crippen LogP contribution is 2.30. The first-order valence-corrected chi connectivity index (χ1v) is 9.61. The van der Waals surface area contributed by atoms with E-state index in [4.69, 9.17) is 4.74 Å². The van der Waals surface area contributed by atoms with E-state index in [2.05, 4.69) is 0 Å². The molecule has 0 fully saturated rings. The molecule has 0 aliphatic heterocycles. The lowest BCUT2D eigenvalue weighted by atomic mass is 9.95. The summed E-state index contributed by atoms with van der Waals surface area (Å²) in [6, 6.07) is 18.1. The zero-order chi connectivity index (χ0) is 23.3. The van der Waals surface area contributed by atoms with E-state index in [9.17, 15) is 27.9 Å². The molecule has 32 heavy (non-hydrogen) atoms. The summed E-state index contributed by atoms with van der Waals surface area (Å²) in [7, 11) is 1.52. The molecule has 0 unspecified atom stereocenters. The Kier molecular flexibility index (Phi) is 6.82. The first-order chi connectivity index (χ1) is 15.2. The predicted molar refractivity (Wildman–Crippen MR) is 112 cm³/mol. The second-order valence-corrected chi connectivity index (χ2v) is 7.11. The number of halogens is 3. The number of carbonyl (C=O) groups is 2. The zero-order valence-corrected chi connectivity index (χ0v) is 17.1. The van der Waals surface area contributed by atoms with Crippen LogP contribution in [0.2, 0.25) is 0 Å². The summed E-state index contributed by atoms with van der Waals surface area (Å²) in [5.41, 5.74) is 1.72. The third-order valence-electron chi connectivity index (χ3n) is 4.83. The van der Waals surface area contributed by atoms with Crippen LogP contribution < -0.4 is 0 Å². The monoisotopic (exact) mass is 443 g/mol. The maximum absolute atomic E-state index is 12.6. The number of carboxylic acids is 1. The van der Waals surface area contributed by atoms with Crippen molar-refractivity contribution in [3.05, 3.63) is 95.1 Å². The van der Waals surface area contributed by atoms with Crippen molar-refractivity contribution in [1.29, 1.82) is 0 Å². The minimum absolute atomic E-state index is 0.146. The molecule has 1 amide bonds. The Labute approximate surface area is 182 Å². The molecule has 8 heteroatoms. The van der Waals surface area contributed by atoms with Crippen molar-refractivity contribution in [2.45, 2.75) is 19.3 Å². The van der Waals surface area contributed by atoms with Crippen molar-refractivity contribution >= 4 is 12.1 Å². The molecule has 166 valence electrons. The van der Waals surface area contributed by atoms with Gasteiger partial charge in [0, 0.05) is 13.6 Å². The number of amides is 1. The van der Waals surface area contributed by atoms with Crippen LogP contribution in [0.5, 0.6) is 0 Å². The van der Waals surface area contributed by atoms with Gasteiger partial charge in [-0.15, -0.1) is 0 Å². The fraction of sp³-hybridized carbons (Fsp3) is 0.167. The fourth-order valence-electron chi connectivity index (χ4n) is 3.19. The molecule has 0 heterocycles. The van der Waals surface area contributed by atoms with Gasteiger partial charge in [0.2, 0.25) is 0 Å². The standard InChI is InChI=1S/C24H20F3NO4/c1-28(23(31)32-15-16-10-12-18(13-11-16)24(25,26)27)14-17-6-2-3-7-19(17)20-8-4-5-9-21(20)22(29)30/h2-13H,14-15H2,1H3,(H,29,30). The number of ether oxygens (including phenoxy) is 1. The van der Waals surface area contributed by atoms with Crippen molar-refractivity contribution in [2.24, 2.45) is 0 Å². The van der Waals surface area contributed by atoms with E-state index in [0.29, 0.717) is 16.7 Å². The summed E-state index contributed by atoms with van der Waals surface area (Å²) in [5.74, 6) is -1.06. The lowest BCUT2D eigenvalue weighted by Gasteiger charge is -2.20. The summed E-state index contributed by atoms with van der Waals surface area (Å²) in [5, 5.41) is 9.48. The number of rotatable bonds is 6. The average molecular weight is 443 g/mol. The van der Waals surface area contributed by atoms with Gasteiger partial charge in [0.05, 0.1) is 11.1 Å². The first-order valence-electron chi connectivity index (χ1n) is 9.61. The van der Waals surface area contributed by atoms with E-state index in [0.717, 1.165) is 17.7 Å². The van der Waals surface area contributed by atoms with Gasteiger partial charge in [0.1, 0.15) is 6.61 Å². The Morgan fingerprint density at radius 3 is 2.12 bits per heavy atom. The summed E-state index contributed by atoms with van der Waals surface area (Å²) in [6.45, 7) is -0.0270. The van der Waals surface area contributed by atoms with E-state index < -0.39 is 23.8 Å². The van der Waals surface area contributed by atoms with Gasteiger partial charge in [0.15, 0.2) is 0 Å². The molecule has 0 radical (unpaired) electrons. The Morgan fingerprint density at radius 1 is 0.906 bits per heavy atom. The smallest absolute Gasteiger partial charge is 0.416 e. The summed E-state index contributed by atoms with van der Waals surface area (Å²) < 4.78 is 43.1. The highest BCUT2D eigenvalue weighted by molar-refractivity contribution is 5.96. The molecule has 0 saturated heterocycles. The van der Waals surface area contributed by atoms with Crippen LogP contribution >= 0.6 is 0 Å². The van der Waals surface area contributed by atoms with E-state index in [1.807, 2.05) is 0 Å². The third-order valence-corrected chi connectivity index (χ3v) is 4.83. The molecular formula is C24H20F3NO4. The number of carbonyl (C=O) groups excluding carboxylic acids is 1. The molecule has 0 bridgehead atoms. The second kappa shape index (κ2) is 9.55. The molecule has 0 atom stereocenters. The van der Waals surface area contributed by atoms with Crippen LogP contribution in [0.4, 0.5) is 18.0 Å². The van der Waals surface area contributed by atoms with Crippen molar-refractivity contribution in [3.8, 4) is 11.1 Å². The van der Waals surface area contributed by atoms with Crippen molar-refractivity contribution in [3.63, 3.8) is 0 Å². The molecule has 0 spiro atoms. The van der Waals surface area contributed by atoms with Crippen LogP contribution in [-0.4, -0.2) is 29.1 Å². The topological polar surface area (TPSA) is 66.8 Å². The normalized spacial score (nSPS) is 11.1. The van der Waals surface area contributed by atoms with Gasteiger partial charge in [-0.25, -0.2) is 9.59 Å². The minimum Gasteiger partial charge on any atom is -0.478 e. The van der Waals surface area contributed by atoms with E-state index in [1.54, 1.807) is 42.5 Å². The lowest BCUT2D eigenvalue weighted by molar-refractivity contribution is -0.137. The van der Waals surface area contributed by atoms with E-state index >= 15 is 0 Å². The van der Waals surface area contributed by atoms with Gasteiger partial charge >= 0.3 is 18.2 Å². The number of hydrogen-bond acceptors (Lipinski definition) is 3. The zero-order valence-electron chi connectivity index (χ0n) is 17.1. The third kappa shape index (κ3) is 5.46. The van der Waals surface area contributed by atoms with Crippen LogP contribution in [0.15, 0.2) is 72.8 Å². The van der Waals surface area contributed by atoms with Crippen LogP contribution in [0, 0.1) is 0 Å². The van der Waals surface area contributed by atoms with Gasteiger partial charge in [0.25, 0.3) is 0 Å². The summed E-state index contributed by atoms with van der Waals surface area (Å²) in [6.07, 6.45) is -5.09. The first kappa shape index (κ1) is 22.9. The molecule has 1 N–H and O–H groups in total. The fourth-order valence-corrected chi connectivity index (χ4v) is 3.19. The van der Waals surface area contributed by atoms with Crippen molar-refractivity contribution in [1.82, 2.24) is 4.90 Å². The largest absolute Gasteiger partial charge is 0.478 e. The molecule has 3 aromatic carbocycles. The van der Waals surface area contributed by atoms with Crippen molar-refractivity contribution < 1.29 is 32.6 Å². The quantitative estimate of drug-likeness (QED) is 0.520. The van der Waals surface area contributed by atoms with Gasteiger partial charge < -0.3 is 14.7 Å². The van der Waals surface area contributed by atoms with Crippen LogP contribution in [-0.2, 0) is 24.1 Å². The van der Waals surface area contributed by atoms with Gasteiger partial charge in [-0.2, -0.15) is 13.2 Å². The summed E-state index contributed by atoms with van der Waals surface area (Å²) in [4.78, 5) is 25.3. The van der Waals surface area contributed by atoms with E-state index in [1.165, 1.54) is 30.1 Å². The van der Waals surface area contributed by atoms with Crippen molar-refractivity contribution in [2.75, 3.05) is 7.05 Å². The van der Waals surface area contributed by atoms with Gasteiger partial charge in [-0.05, 0) is 40.5 Å².